The van der Waals surface area contributed by atoms with Crippen LogP contribution in [0.1, 0.15) is 42.5 Å². The van der Waals surface area contributed by atoms with Gasteiger partial charge in [0.15, 0.2) is 0 Å². The Balaban J connectivity index is 1.74. The molecule has 0 atom stereocenters. The van der Waals surface area contributed by atoms with Gasteiger partial charge in [0.05, 0.1) is 19.3 Å². The Morgan fingerprint density at radius 2 is 1.91 bits per heavy atom. The van der Waals surface area contributed by atoms with Gasteiger partial charge in [0.1, 0.15) is 12.3 Å². The zero-order valence-electron chi connectivity index (χ0n) is 13.0. The Morgan fingerprint density at radius 3 is 2.64 bits per heavy atom. The quantitative estimate of drug-likeness (QED) is 0.820. The first kappa shape index (κ1) is 16.3. The van der Waals surface area contributed by atoms with Crippen LogP contribution in [0.5, 0.6) is 5.75 Å². The molecule has 1 aromatic rings. The lowest BCUT2D eigenvalue weighted by Gasteiger charge is -2.21. The molecule has 0 saturated heterocycles. The summed E-state index contributed by atoms with van der Waals surface area (Å²) in [5.41, 5.74) is 0.407. The number of methoxy groups -OCH3 is 1. The number of amides is 1. The van der Waals surface area contributed by atoms with Gasteiger partial charge in [0, 0.05) is 0 Å². The van der Waals surface area contributed by atoms with Crippen LogP contribution in [0, 0.1) is 5.92 Å². The smallest absolute Gasteiger partial charge is 0.325 e. The summed E-state index contributed by atoms with van der Waals surface area (Å²) in [7, 11) is 1.50. The van der Waals surface area contributed by atoms with E-state index in [0.717, 1.165) is 12.8 Å². The molecule has 2 rings (SSSR count). The van der Waals surface area contributed by atoms with Gasteiger partial charge in [-0.1, -0.05) is 31.4 Å². The first-order chi connectivity index (χ1) is 10.7. The lowest BCUT2D eigenvalue weighted by Crippen LogP contribution is -2.31. The fraction of sp³-hybridized carbons (Fsp3) is 0.529. The Bertz CT molecular complexity index is 509. The summed E-state index contributed by atoms with van der Waals surface area (Å²) in [6, 6.07) is 6.89. The number of carbonyl (C=O) groups excluding carboxylic acids is 2. The molecule has 1 N–H and O–H groups in total. The van der Waals surface area contributed by atoms with Crippen LogP contribution in [-0.2, 0) is 9.53 Å². The van der Waals surface area contributed by atoms with Crippen molar-refractivity contribution in [3.63, 3.8) is 0 Å². The molecule has 0 heterocycles. The monoisotopic (exact) mass is 305 g/mol. The van der Waals surface area contributed by atoms with E-state index in [1.54, 1.807) is 24.3 Å². The number of benzene rings is 1. The van der Waals surface area contributed by atoms with Crippen LogP contribution < -0.4 is 10.1 Å². The molecule has 0 bridgehead atoms. The molecular weight excluding hydrogens is 282 g/mol. The Kier molecular flexibility index (Phi) is 6.25. The zero-order valence-corrected chi connectivity index (χ0v) is 13.0. The highest BCUT2D eigenvalue weighted by atomic mass is 16.5. The molecule has 120 valence electrons. The predicted molar refractivity (Wildman–Crippen MR) is 82.9 cm³/mol. The minimum atomic E-state index is -0.395. The molecule has 22 heavy (non-hydrogen) atoms. The van der Waals surface area contributed by atoms with Gasteiger partial charge < -0.3 is 14.8 Å². The molecule has 1 aromatic carbocycles. The van der Waals surface area contributed by atoms with E-state index >= 15 is 0 Å². The maximum absolute atomic E-state index is 12.0. The summed E-state index contributed by atoms with van der Waals surface area (Å²) in [5, 5.41) is 2.57. The molecule has 0 aliphatic heterocycles. The van der Waals surface area contributed by atoms with Crippen molar-refractivity contribution in [2.75, 3.05) is 20.3 Å². The van der Waals surface area contributed by atoms with Crippen molar-refractivity contribution in [1.29, 1.82) is 0 Å². The van der Waals surface area contributed by atoms with Crippen molar-refractivity contribution in [2.45, 2.75) is 32.1 Å². The molecule has 0 spiro atoms. The topological polar surface area (TPSA) is 64.6 Å². The number of esters is 1. The van der Waals surface area contributed by atoms with E-state index < -0.39 is 5.97 Å². The van der Waals surface area contributed by atoms with Gasteiger partial charge in [-0.25, -0.2) is 0 Å². The molecule has 0 aromatic heterocycles. The third-order valence-electron chi connectivity index (χ3n) is 3.95. The summed E-state index contributed by atoms with van der Waals surface area (Å²) >= 11 is 0. The number of para-hydroxylation sites is 1. The summed E-state index contributed by atoms with van der Waals surface area (Å²) < 4.78 is 10.4. The van der Waals surface area contributed by atoms with Crippen LogP contribution in [0.25, 0.3) is 0 Å². The number of carbonyl (C=O) groups is 2. The molecular formula is C17H23NO4. The number of nitrogens with one attached hydrogen (secondary N) is 1. The average Bonchev–Trinajstić information content (AvgIpc) is 2.58. The Labute approximate surface area is 131 Å². The highest BCUT2D eigenvalue weighted by molar-refractivity contribution is 5.98. The molecule has 1 aliphatic rings. The van der Waals surface area contributed by atoms with Crippen molar-refractivity contribution in [2.24, 2.45) is 5.92 Å². The molecule has 5 heteroatoms. The highest BCUT2D eigenvalue weighted by Gasteiger charge is 2.17. The van der Waals surface area contributed by atoms with Crippen LogP contribution in [-0.4, -0.2) is 32.1 Å². The van der Waals surface area contributed by atoms with Gasteiger partial charge in [-0.05, 0) is 30.9 Å². The van der Waals surface area contributed by atoms with Gasteiger partial charge in [-0.3, -0.25) is 9.59 Å². The molecule has 0 radical (unpaired) electrons. The van der Waals surface area contributed by atoms with Crippen molar-refractivity contribution in [1.82, 2.24) is 5.32 Å². The Morgan fingerprint density at radius 1 is 1.18 bits per heavy atom. The van der Waals surface area contributed by atoms with Gasteiger partial charge in [-0.15, -0.1) is 0 Å². The average molecular weight is 305 g/mol. The minimum Gasteiger partial charge on any atom is -0.496 e. The van der Waals surface area contributed by atoms with Crippen LogP contribution >= 0.6 is 0 Å². The molecule has 1 saturated carbocycles. The van der Waals surface area contributed by atoms with Gasteiger partial charge in [-0.2, -0.15) is 0 Å². The van der Waals surface area contributed by atoms with Gasteiger partial charge in [0.25, 0.3) is 5.91 Å². The minimum absolute atomic E-state index is 0.121. The lowest BCUT2D eigenvalue weighted by atomic mass is 9.90. The van der Waals surface area contributed by atoms with Crippen LogP contribution in [0.3, 0.4) is 0 Å². The number of rotatable bonds is 6. The van der Waals surface area contributed by atoms with Crippen molar-refractivity contribution in [3.8, 4) is 5.75 Å². The van der Waals surface area contributed by atoms with E-state index in [4.69, 9.17) is 9.47 Å². The molecule has 5 nitrogen and oxygen atoms in total. The van der Waals surface area contributed by atoms with E-state index in [2.05, 4.69) is 5.32 Å². The maximum atomic E-state index is 12.0. The molecule has 1 aliphatic carbocycles. The zero-order chi connectivity index (χ0) is 15.8. The Hall–Kier alpha value is -2.04. The second-order valence-corrected chi connectivity index (χ2v) is 5.57. The summed E-state index contributed by atoms with van der Waals surface area (Å²) in [4.78, 5) is 23.7. The van der Waals surface area contributed by atoms with Crippen LogP contribution in [0.4, 0.5) is 0 Å². The number of ether oxygens (including phenoxy) is 2. The summed E-state index contributed by atoms with van der Waals surface area (Å²) in [6.45, 7) is 0.340. The third kappa shape index (κ3) is 4.76. The normalized spacial score (nSPS) is 15.1. The second kappa shape index (κ2) is 8.41. The van der Waals surface area contributed by atoms with Gasteiger partial charge in [0.2, 0.25) is 0 Å². The summed E-state index contributed by atoms with van der Waals surface area (Å²) in [6.07, 6.45) is 5.96. The first-order valence-corrected chi connectivity index (χ1v) is 7.77. The first-order valence-electron chi connectivity index (χ1n) is 7.77. The molecule has 1 fully saturated rings. The molecule has 1 amide bonds. The fourth-order valence-corrected chi connectivity index (χ4v) is 2.70. The maximum Gasteiger partial charge on any atom is 0.325 e. The number of hydrogen-bond acceptors (Lipinski definition) is 4. The SMILES string of the molecule is COc1ccccc1C(=O)NCC(=O)OCC1CCCCC1. The van der Waals surface area contributed by atoms with Crippen LogP contribution in [0.15, 0.2) is 24.3 Å². The van der Waals surface area contributed by atoms with Gasteiger partial charge >= 0.3 is 5.97 Å². The van der Waals surface area contributed by atoms with Crippen LogP contribution in [0.2, 0.25) is 0 Å². The van der Waals surface area contributed by atoms with Crippen molar-refractivity contribution in [3.05, 3.63) is 29.8 Å². The highest BCUT2D eigenvalue weighted by Crippen LogP contribution is 2.23. The number of hydrogen-bond donors (Lipinski definition) is 1. The second-order valence-electron chi connectivity index (χ2n) is 5.57. The lowest BCUT2D eigenvalue weighted by molar-refractivity contribution is -0.144. The molecule has 0 unspecified atom stereocenters. The van der Waals surface area contributed by atoms with Crippen molar-refractivity contribution < 1.29 is 19.1 Å². The summed E-state index contributed by atoms with van der Waals surface area (Å²) in [5.74, 6) is 0.221. The fourth-order valence-electron chi connectivity index (χ4n) is 2.70. The van der Waals surface area contributed by atoms with Crippen molar-refractivity contribution >= 4 is 11.9 Å². The van der Waals surface area contributed by atoms with E-state index in [9.17, 15) is 9.59 Å². The van der Waals surface area contributed by atoms with E-state index in [-0.39, 0.29) is 12.5 Å². The van der Waals surface area contributed by atoms with E-state index in [1.165, 1.54) is 26.4 Å². The predicted octanol–water partition coefficient (Wildman–Crippen LogP) is 2.55. The standard InChI is InChI=1S/C17H23NO4/c1-21-15-10-6-5-9-14(15)17(20)18-11-16(19)22-12-13-7-3-2-4-8-13/h5-6,9-10,13H,2-4,7-8,11-12H2,1H3,(H,18,20). The van der Waals surface area contributed by atoms with E-state index in [1.807, 2.05) is 0 Å². The largest absolute Gasteiger partial charge is 0.496 e. The van der Waals surface area contributed by atoms with E-state index in [0.29, 0.717) is 23.8 Å². The third-order valence-corrected chi connectivity index (χ3v) is 3.95.